The minimum Gasteiger partial charge on any atom is -0.323 e. The van der Waals surface area contributed by atoms with Crippen LogP contribution in [0.5, 0.6) is 0 Å². The van der Waals surface area contributed by atoms with Crippen molar-refractivity contribution in [3.63, 3.8) is 0 Å². The minimum atomic E-state index is -0.688. The third-order valence-corrected chi connectivity index (χ3v) is 3.78. The first-order valence-corrected chi connectivity index (χ1v) is 6.84. The van der Waals surface area contributed by atoms with E-state index in [0.717, 1.165) is 31.7 Å². The van der Waals surface area contributed by atoms with Gasteiger partial charge in [0.1, 0.15) is 11.6 Å². The standard InChI is InChI=1S/C15H19F2NO/c1-3-4-5-6-9(2)13-11-7-10(16)8-12(17)14(11)18-15(13)19/h7-9,13H,3-6H2,1-2H3,(H,18,19). The molecule has 104 valence electrons. The Labute approximate surface area is 112 Å². The van der Waals surface area contributed by atoms with E-state index >= 15 is 0 Å². The lowest BCUT2D eigenvalue weighted by Crippen LogP contribution is -2.19. The van der Waals surface area contributed by atoms with Crippen LogP contribution < -0.4 is 5.32 Å². The molecule has 0 spiro atoms. The van der Waals surface area contributed by atoms with Gasteiger partial charge in [0.2, 0.25) is 5.91 Å². The van der Waals surface area contributed by atoms with E-state index in [1.54, 1.807) is 0 Å². The maximum Gasteiger partial charge on any atom is 0.232 e. The Bertz CT molecular complexity index is 487. The van der Waals surface area contributed by atoms with E-state index in [4.69, 9.17) is 0 Å². The predicted molar refractivity (Wildman–Crippen MR) is 71.0 cm³/mol. The van der Waals surface area contributed by atoms with Crippen molar-refractivity contribution in [1.82, 2.24) is 0 Å². The van der Waals surface area contributed by atoms with Crippen molar-refractivity contribution in [3.05, 3.63) is 29.3 Å². The highest BCUT2D eigenvalue weighted by Gasteiger charge is 2.36. The molecule has 2 rings (SSSR count). The van der Waals surface area contributed by atoms with Gasteiger partial charge in [-0.05, 0) is 24.0 Å². The minimum absolute atomic E-state index is 0.0917. The summed E-state index contributed by atoms with van der Waals surface area (Å²) in [4.78, 5) is 12.0. The van der Waals surface area contributed by atoms with Crippen LogP contribution in [0.2, 0.25) is 0 Å². The smallest absolute Gasteiger partial charge is 0.232 e. The Morgan fingerprint density at radius 2 is 2.05 bits per heavy atom. The number of nitrogens with one attached hydrogen (secondary N) is 1. The highest BCUT2D eigenvalue weighted by atomic mass is 19.1. The van der Waals surface area contributed by atoms with Crippen LogP contribution in [0.25, 0.3) is 0 Å². The number of rotatable bonds is 5. The van der Waals surface area contributed by atoms with Gasteiger partial charge in [0.25, 0.3) is 0 Å². The Balaban J connectivity index is 2.22. The predicted octanol–water partition coefficient (Wildman–Crippen LogP) is 4.22. The number of hydrogen-bond acceptors (Lipinski definition) is 1. The van der Waals surface area contributed by atoms with Crippen molar-refractivity contribution in [1.29, 1.82) is 0 Å². The van der Waals surface area contributed by atoms with Crippen LogP contribution in [0.1, 0.15) is 51.0 Å². The fourth-order valence-electron chi connectivity index (χ4n) is 2.76. The van der Waals surface area contributed by atoms with Gasteiger partial charge in [-0.3, -0.25) is 4.79 Å². The van der Waals surface area contributed by atoms with Gasteiger partial charge in [0.05, 0.1) is 11.6 Å². The molecule has 0 fully saturated rings. The van der Waals surface area contributed by atoms with Crippen LogP contribution in [-0.2, 0) is 4.79 Å². The molecule has 0 saturated heterocycles. The molecule has 1 N–H and O–H groups in total. The molecular formula is C15H19F2NO. The summed E-state index contributed by atoms with van der Waals surface area (Å²) in [7, 11) is 0. The number of carbonyl (C=O) groups is 1. The maximum absolute atomic E-state index is 13.6. The molecule has 0 saturated carbocycles. The molecule has 2 atom stereocenters. The molecular weight excluding hydrogens is 248 g/mol. The topological polar surface area (TPSA) is 29.1 Å². The molecule has 1 aromatic carbocycles. The van der Waals surface area contributed by atoms with E-state index in [0.29, 0.717) is 5.56 Å². The van der Waals surface area contributed by atoms with Gasteiger partial charge in [0, 0.05) is 6.07 Å². The first-order valence-electron chi connectivity index (χ1n) is 6.84. The second kappa shape index (κ2) is 5.68. The van der Waals surface area contributed by atoms with Gasteiger partial charge in [-0.1, -0.05) is 33.1 Å². The molecule has 2 nitrogen and oxygen atoms in total. The van der Waals surface area contributed by atoms with Crippen LogP contribution in [0, 0.1) is 17.6 Å². The molecule has 0 aliphatic carbocycles. The molecule has 1 aliphatic rings. The van der Waals surface area contributed by atoms with Gasteiger partial charge < -0.3 is 5.32 Å². The summed E-state index contributed by atoms with van der Waals surface area (Å²) >= 11 is 0. The molecule has 2 unspecified atom stereocenters. The number of anilines is 1. The van der Waals surface area contributed by atoms with E-state index in [2.05, 4.69) is 12.2 Å². The molecule has 1 aliphatic heterocycles. The van der Waals surface area contributed by atoms with E-state index in [1.165, 1.54) is 6.07 Å². The third kappa shape index (κ3) is 2.77. The molecule has 0 radical (unpaired) electrons. The van der Waals surface area contributed by atoms with Gasteiger partial charge in [-0.25, -0.2) is 8.78 Å². The second-order valence-electron chi connectivity index (χ2n) is 5.29. The number of amides is 1. The summed E-state index contributed by atoms with van der Waals surface area (Å²) in [5.41, 5.74) is 0.616. The lowest BCUT2D eigenvalue weighted by Gasteiger charge is -2.17. The van der Waals surface area contributed by atoms with E-state index in [9.17, 15) is 13.6 Å². The van der Waals surface area contributed by atoms with Crippen LogP contribution in [0.4, 0.5) is 14.5 Å². The summed E-state index contributed by atoms with van der Waals surface area (Å²) in [5, 5.41) is 2.53. The van der Waals surface area contributed by atoms with E-state index < -0.39 is 17.6 Å². The van der Waals surface area contributed by atoms with Crippen LogP contribution in [0.15, 0.2) is 12.1 Å². The van der Waals surface area contributed by atoms with Crippen molar-refractivity contribution in [2.24, 2.45) is 5.92 Å². The molecule has 0 aromatic heterocycles. The zero-order valence-corrected chi connectivity index (χ0v) is 11.3. The number of unbranched alkanes of at least 4 members (excludes halogenated alkanes) is 2. The van der Waals surface area contributed by atoms with E-state index in [-0.39, 0.29) is 17.5 Å². The lowest BCUT2D eigenvalue weighted by molar-refractivity contribution is -0.118. The van der Waals surface area contributed by atoms with Crippen molar-refractivity contribution < 1.29 is 13.6 Å². The summed E-state index contributed by atoms with van der Waals surface area (Å²) < 4.78 is 26.9. The van der Waals surface area contributed by atoms with Gasteiger partial charge in [-0.2, -0.15) is 0 Å². The van der Waals surface area contributed by atoms with Gasteiger partial charge >= 0.3 is 0 Å². The normalized spacial score (nSPS) is 19.2. The number of fused-ring (bicyclic) bond motifs is 1. The molecule has 1 aromatic rings. The average Bonchev–Trinajstić information content (AvgIpc) is 2.66. The average molecular weight is 267 g/mol. The molecule has 19 heavy (non-hydrogen) atoms. The van der Waals surface area contributed by atoms with Crippen LogP contribution in [-0.4, -0.2) is 5.91 Å². The Kier molecular flexibility index (Phi) is 4.17. The summed E-state index contributed by atoms with van der Waals surface area (Å²) in [6, 6.07) is 2.08. The molecule has 1 heterocycles. The second-order valence-corrected chi connectivity index (χ2v) is 5.29. The van der Waals surface area contributed by atoms with Crippen molar-refractivity contribution in [2.75, 3.05) is 5.32 Å². The Hall–Kier alpha value is -1.45. The largest absolute Gasteiger partial charge is 0.323 e. The van der Waals surface area contributed by atoms with Crippen LogP contribution >= 0.6 is 0 Å². The fraction of sp³-hybridized carbons (Fsp3) is 0.533. The Morgan fingerprint density at radius 1 is 1.32 bits per heavy atom. The number of benzene rings is 1. The molecule has 1 amide bonds. The number of carbonyl (C=O) groups excluding carboxylic acids is 1. The quantitative estimate of drug-likeness (QED) is 0.795. The van der Waals surface area contributed by atoms with E-state index in [1.807, 2.05) is 6.92 Å². The van der Waals surface area contributed by atoms with Crippen LogP contribution in [0.3, 0.4) is 0 Å². The van der Waals surface area contributed by atoms with Gasteiger partial charge in [0.15, 0.2) is 0 Å². The van der Waals surface area contributed by atoms with Crippen molar-refractivity contribution in [2.45, 2.75) is 45.4 Å². The molecule has 4 heteroatoms. The zero-order valence-electron chi connectivity index (χ0n) is 11.3. The first-order chi connectivity index (χ1) is 9.04. The zero-order chi connectivity index (χ0) is 14.0. The number of halogens is 2. The van der Waals surface area contributed by atoms with Crippen molar-refractivity contribution in [3.8, 4) is 0 Å². The third-order valence-electron chi connectivity index (χ3n) is 3.78. The molecule has 0 bridgehead atoms. The fourth-order valence-corrected chi connectivity index (χ4v) is 2.76. The Morgan fingerprint density at radius 3 is 2.74 bits per heavy atom. The van der Waals surface area contributed by atoms with Gasteiger partial charge in [-0.15, -0.1) is 0 Å². The maximum atomic E-state index is 13.6. The summed E-state index contributed by atoms with van der Waals surface area (Å²) in [5.74, 6) is -1.88. The highest BCUT2D eigenvalue weighted by Crippen LogP contribution is 2.40. The highest BCUT2D eigenvalue weighted by molar-refractivity contribution is 6.03. The summed E-state index contributed by atoms with van der Waals surface area (Å²) in [6.07, 6.45) is 4.16. The first kappa shape index (κ1) is 14.0. The lowest BCUT2D eigenvalue weighted by atomic mass is 9.85. The summed E-state index contributed by atoms with van der Waals surface area (Å²) in [6.45, 7) is 4.09. The monoisotopic (exact) mass is 267 g/mol. The number of hydrogen-bond donors (Lipinski definition) is 1. The SMILES string of the molecule is CCCCCC(C)C1C(=O)Nc2c(F)cc(F)cc21. The van der Waals surface area contributed by atoms with Crippen molar-refractivity contribution >= 4 is 11.6 Å².